The minimum absolute atomic E-state index is 0.0502. The topological polar surface area (TPSA) is 24.9 Å². The Balaban J connectivity index is 2.70. The number of pyridine rings is 1. The van der Waals surface area contributed by atoms with Gasteiger partial charge in [-0.1, -0.05) is 22.9 Å². The third-order valence-corrected chi connectivity index (χ3v) is 3.33. The number of fused-ring (bicyclic) bond motifs is 1. The number of halogens is 4. The van der Waals surface area contributed by atoms with Crippen LogP contribution >= 0.6 is 15.9 Å². The van der Waals surface area contributed by atoms with Crippen molar-refractivity contribution in [2.75, 3.05) is 11.9 Å². The SMILES string of the molecule is CCCNc1cc(C(F)F)nc2c(F)ccc(Br)c12. The minimum atomic E-state index is -2.73. The number of rotatable bonds is 4. The van der Waals surface area contributed by atoms with E-state index in [0.717, 1.165) is 6.42 Å². The van der Waals surface area contributed by atoms with Gasteiger partial charge in [0.15, 0.2) is 0 Å². The van der Waals surface area contributed by atoms with E-state index < -0.39 is 17.9 Å². The fourth-order valence-electron chi connectivity index (χ4n) is 1.80. The van der Waals surface area contributed by atoms with Crippen molar-refractivity contribution in [3.05, 3.63) is 34.2 Å². The van der Waals surface area contributed by atoms with Crippen LogP contribution in [0.3, 0.4) is 0 Å². The van der Waals surface area contributed by atoms with E-state index in [1.807, 2.05) is 6.92 Å². The van der Waals surface area contributed by atoms with Crippen LogP contribution in [-0.2, 0) is 0 Å². The fraction of sp³-hybridized carbons (Fsp3) is 0.308. The smallest absolute Gasteiger partial charge is 0.280 e. The average molecular weight is 333 g/mol. The lowest BCUT2D eigenvalue weighted by Gasteiger charge is -2.12. The Kier molecular flexibility index (Phi) is 4.29. The first-order chi connectivity index (χ1) is 9.04. The molecule has 0 aliphatic heterocycles. The van der Waals surface area contributed by atoms with E-state index in [1.165, 1.54) is 12.1 Å². The normalized spacial score (nSPS) is 11.3. The number of hydrogen-bond donors (Lipinski definition) is 1. The van der Waals surface area contributed by atoms with Gasteiger partial charge in [-0.25, -0.2) is 18.2 Å². The van der Waals surface area contributed by atoms with Crippen molar-refractivity contribution in [1.82, 2.24) is 4.98 Å². The molecule has 102 valence electrons. The highest BCUT2D eigenvalue weighted by Gasteiger charge is 2.17. The molecule has 0 aliphatic rings. The van der Waals surface area contributed by atoms with Gasteiger partial charge < -0.3 is 5.32 Å². The maximum atomic E-state index is 13.8. The Morgan fingerprint density at radius 3 is 2.74 bits per heavy atom. The van der Waals surface area contributed by atoms with E-state index in [0.29, 0.717) is 22.1 Å². The zero-order chi connectivity index (χ0) is 14.0. The summed E-state index contributed by atoms with van der Waals surface area (Å²) in [6, 6.07) is 4.02. The Hall–Kier alpha value is -1.30. The number of aromatic nitrogens is 1. The van der Waals surface area contributed by atoms with Gasteiger partial charge in [0.2, 0.25) is 0 Å². The summed E-state index contributed by atoms with van der Waals surface area (Å²) >= 11 is 3.30. The highest BCUT2D eigenvalue weighted by Crippen LogP contribution is 2.34. The second-order valence-corrected chi connectivity index (χ2v) is 4.93. The highest BCUT2D eigenvalue weighted by atomic mass is 79.9. The van der Waals surface area contributed by atoms with E-state index in [-0.39, 0.29) is 5.52 Å². The number of hydrogen-bond acceptors (Lipinski definition) is 2. The van der Waals surface area contributed by atoms with Gasteiger partial charge >= 0.3 is 0 Å². The van der Waals surface area contributed by atoms with E-state index in [1.54, 1.807) is 6.07 Å². The number of anilines is 1. The van der Waals surface area contributed by atoms with Gasteiger partial charge in [-0.15, -0.1) is 0 Å². The maximum Gasteiger partial charge on any atom is 0.280 e. The van der Waals surface area contributed by atoms with Crippen LogP contribution in [0.5, 0.6) is 0 Å². The molecule has 1 heterocycles. The molecule has 0 radical (unpaired) electrons. The van der Waals surface area contributed by atoms with Gasteiger partial charge in [0, 0.05) is 22.1 Å². The number of alkyl halides is 2. The van der Waals surface area contributed by atoms with Crippen molar-refractivity contribution in [2.45, 2.75) is 19.8 Å². The minimum Gasteiger partial charge on any atom is -0.384 e. The molecule has 0 atom stereocenters. The van der Waals surface area contributed by atoms with Crippen LogP contribution in [0.15, 0.2) is 22.7 Å². The molecule has 0 saturated carbocycles. The summed E-state index contributed by atoms with van der Waals surface area (Å²) < 4.78 is 40.0. The molecule has 0 bridgehead atoms. The zero-order valence-corrected chi connectivity index (χ0v) is 11.8. The number of nitrogens with one attached hydrogen (secondary N) is 1. The van der Waals surface area contributed by atoms with Crippen LogP contribution in [0.2, 0.25) is 0 Å². The van der Waals surface area contributed by atoms with Gasteiger partial charge in [-0.2, -0.15) is 0 Å². The monoisotopic (exact) mass is 332 g/mol. The largest absolute Gasteiger partial charge is 0.384 e. The van der Waals surface area contributed by atoms with Crippen molar-refractivity contribution in [3.8, 4) is 0 Å². The van der Waals surface area contributed by atoms with Crippen LogP contribution < -0.4 is 5.32 Å². The lowest BCUT2D eigenvalue weighted by Crippen LogP contribution is -2.04. The number of benzene rings is 1. The molecular formula is C13H12BrF3N2. The second-order valence-electron chi connectivity index (χ2n) is 4.07. The van der Waals surface area contributed by atoms with Gasteiger partial charge in [-0.3, -0.25) is 0 Å². The molecule has 0 saturated heterocycles. The molecule has 2 nitrogen and oxygen atoms in total. The molecule has 0 spiro atoms. The lowest BCUT2D eigenvalue weighted by molar-refractivity contribution is 0.146. The molecule has 0 unspecified atom stereocenters. The van der Waals surface area contributed by atoms with Crippen molar-refractivity contribution in [2.24, 2.45) is 0 Å². The molecule has 19 heavy (non-hydrogen) atoms. The lowest BCUT2D eigenvalue weighted by atomic mass is 10.1. The summed E-state index contributed by atoms with van der Waals surface area (Å²) in [5, 5.41) is 3.51. The van der Waals surface area contributed by atoms with Crippen molar-refractivity contribution < 1.29 is 13.2 Å². The Bertz CT molecular complexity index is 602. The standard InChI is InChI=1S/C13H12BrF3N2/c1-2-5-18-9-6-10(13(16)17)19-12-8(15)4-3-7(14)11(9)12/h3-4,6,13H,2,5H2,1H3,(H,18,19). The van der Waals surface area contributed by atoms with Crippen LogP contribution in [0.25, 0.3) is 10.9 Å². The highest BCUT2D eigenvalue weighted by molar-refractivity contribution is 9.10. The van der Waals surface area contributed by atoms with Crippen molar-refractivity contribution in [1.29, 1.82) is 0 Å². The Labute approximate surface area is 117 Å². The molecule has 0 amide bonds. The Morgan fingerprint density at radius 1 is 1.37 bits per heavy atom. The molecule has 1 N–H and O–H groups in total. The fourth-order valence-corrected chi connectivity index (χ4v) is 2.33. The third-order valence-electron chi connectivity index (χ3n) is 2.67. The second kappa shape index (κ2) is 5.77. The summed E-state index contributed by atoms with van der Waals surface area (Å²) in [6.45, 7) is 2.57. The Morgan fingerprint density at radius 2 is 2.11 bits per heavy atom. The molecule has 0 aliphatic carbocycles. The first-order valence-corrected chi connectivity index (χ1v) is 6.64. The van der Waals surface area contributed by atoms with Crippen molar-refractivity contribution >= 4 is 32.5 Å². The van der Waals surface area contributed by atoms with Gasteiger partial charge in [0.1, 0.15) is 17.0 Å². The summed E-state index contributed by atoms with van der Waals surface area (Å²) in [7, 11) is 0. The number of nitrogens with zero attached hydrogens (tertiary/aromatic N) is 1. The van der Waals surface area contributed by atoms with Crippen LogP contribution in [-0.4, -0.2) is 11.5 Å². The first kappa shape index (κ1) is 14.1. The van der Waals surface area contributed by atoms with Gasteiger partial charge in [0.25, 0.3) is 6.43 Å². The van der Waals surface area contributed by atoms with Crippen LogP contribution in [0.4, 0.5) is 18.9 Å². The van der Waals surface area contributed by atoms with Crippen molar-refractivity contribution in [3.63, 3.8) is 0 Å². The summed E-state index contributed by atoms with van der Waals surface area (Å²) in [5.74, 6) is -0.611. The van der Waals surface area contributed by atoms with E-state index in [4.69, 9.17) is 0 Å². The van der Waals surface area contributed by atoms with Crippen LogP contribution in [0, 0.1) is 5.82 Å². The average Bonchev–Trinajstić information content (AvgIpc) is 2.39. The molecular weight excluding hydrogens is 321 g/mol. The zero-order valence-electron chi connectivity index (χ0n) is 10.2. The van der Waals surface area contributed by atoms with Gasteiger partial charge in [-0.05, 0) is 24.6 Å². The maximum absolute atomic E-state index is 13.8. The van der Waals surface area contributed by atoms with E-state index in [2.05, 4.69) is 26.2 Å². The molecule has 1 aromatic heterocycles. The quantitative estimate of drug-likeness (QED) is 0.861. The molecule has 2 aromatic rings. The first-order valence-electron chi connectivity index (χ1n) is 5.85. The molecule has 2 rings (SSSR count). The molecule has 1 aromatic carbocycles. The third kappa shape index (κ3) is 2.83. The molecule has 0 fully saturated rings. The summed E-state index contributed by atoms with van der Waals surface area (Å²) in [5.41, 5.74) is -0.0117. The summed E-state index contributed by atoms with van der Waals surface area (Å²) in [6.07, 6.45) is -1.90. The van der Waals surface area contributed by atoms with Crippen LogP contribution in [0.1, 0.15) is 25.5 Å². The predicted molar refractivity (Wildman–Crippen MR) is 73.1 cm³/mol. The summed E-state index contributed by atoms with van der Waals surface area (Å²) in [4.78, 5) is 3.71. The predicted octanol–water partition coefficient (Wildman–Crippen LogP) is 4.90. The van der Waals surface area contributed by atoms with Gasteiger partial charge in [0.05, 0.1) is 0 Å². The van der Waals surface area contributed by atoms with E-state index >= 15 is 0 Å². The van der Waals surface area contributed by atoms with E-state index in [9.17, 15) is 13.2 Å². The molecule has 6 heteroatoms.